The number of aliphatic hydroxyl groups is 1. The third-order valence-electron chi connectivity index (χ3n) is 3.98. The minimum absolute atomic E-state index is 0.0285. The Morgan fingerprint density at radius 2 is 1.90 bits per heavy atom. The summed E-state index contributed by atoms with van der Waals surface area (Å²) in [5.41, 5.74) is 3.87. The predicted molar refractivity (Wildman–Crippen MR) is 84.2 cm³/mol. The summed E-state index contributed by atoms with van der Waals surface area (Å²) in [6.45, 7) is 4.21. The van der Waals surface area contributed by atoms with Crippen molar-refractivity contribution < 1.29 is 5.11 Å². The number of aryl methyl sites for hydroxylation is 1. The molecule has 0 saturated carbocycles. The first-order chi connectivity index (χ1) is 10.3. The number of nitrogens with zero attached hydrogens (tertiary/aromatic N) is 3. The van der Waals surface area contributed by atoms with Crippen molar-refractivity contribution in [2.24, 2.45) is 0 Å². The van der Waals surface area contributed by atoms with Gasteiger partial charge in [-0.25, -0.2) is 9.97 Å². The van der Waals surface area contributed by atoms with Crippen LogP contribution in [0, 0.1) is 0 Å². The van der Waals surface area contributed by atoms with Crippen LogP contribution >= 0.6 is 0 Å². The molecule has 0 amide bonds. The topological polar surface area (TPSA) is 49.3 Å². The second kappa shape index (κ2) is 6.22. The van der Waals surface area contributed by atoms with E-state index in [9.17, 15) is 5.11 Å². The molecule has 0 aliphatic carbocycles. The summed E-state index contributed by atoms with van der Waals surface area (Å²) in [5.74, 6) is 0.828. The number of hydrogen-bond donors (Lipinski definition) is 1. The van der Waals surface area contributed by atoms with E-state index in [-0.39, 0.29) is 6.61 Å². The van der Waals surface area contributed by atoms with Crippen LogP contribution in [-0.4, -0.2) is 28.2 Å². The molecule has 110 valence electrons. The molecule has 21 heavy (non-hydrogen) atoms. The maximum absolute atomic E-state index is 9.53. The van der Waals surface area contributed by atoms with E-state index in [2.05, 4.69) is 16.8 Å². The molecule has 0 unspecified atom stereocenters. The molecule has 1 aromatic carbocycles. The molecule has 4 heteroatoms. The van der Waals surface area contributed by atoms with Crippen molar-refractivity contribution in [2.75, 3.05) is 18.0 Å². The summed E-state index contributed by atoms with van der Waals surface area (Å²) < 4.78 is 0. The fraction of sp³-hybridized carbons (Fsp3) is 0.412. The highest BCUT2D eigenvalue weighted by atomic mass is 16.3. The fourth-order valence-corrected chi connectivity index (χ4v) is 2.77. The van der Waals surface area contributed by atoms with Crippen LogP contribution in [0.4, 0.5) is 5.95 Å². The molecule has 1 fully saturated rings. The lowest BCUT2D eigenvalue weighted by Gasteiger charge is -2.17. The number of benzene rings is 1. The minimum Gasteiger partial charge on any atom is -0.392 e. The number of aliphatic hydroxyl groups excluding tert-OH is 1. The highest BCUT2D eigenvalue weighted by Crippen LogP contribution is 2.26. The van der Waals surface area contributed by atoms with Crippen molar-refractivity contribution in [3.63, 3.8) is 0 Å². The van der Waals surface area contributed by atoms with E-state index in [4.69, 9.17) is 4.98 Å². The van der Waals surface area contributed by atoms with Crippen LogP contribution in [0.15, 0.2) is 30.3 Å². The Balaban J connectivity index is 2.06. The van der Waals surface area contributed by atoms with Crippen LogP contribution in [0.25, 0.3) is 11.3 Å². The smallest absolute Gasteiger partial charge is 0.226 e. The van der Waals surface area contributed by atoms with Gasteiger partial charge in [-0.15, -0.1) is 0 Å². The summed E-state index contributed by atoms with van der Waals surface area (Å²) >= 11 is 0. The van der Waals surface area contributed by atoms with Gasteiger partial charge in [0, 0.05) is 24.3 Å². The highest BCUT2D eigenvalue weighted by molar-refractivity contribution is 5.65. The van der Waals surface area contributed by atoms with Crippen LogP contribution in [0.5, 0.6) is 0 Å². The van der Waals surface area contributed by atoms with Gasteiger partial charge in [0.05, 0.1) is 12.3 Å². The van der Waals surface area contributed by atoms with Gasteiger partial charge in [-0.1, -0.05) is 31.2 Å². The first kappa shape index (κ1) is 14.0. The molecule has 1 aliphatic rings. The van der Waals surface area contributed by atoms with Gasteiger partial charge in [0.2, 0.25) is 5.95 Å². The molecule has 1 aromatic heterocycles. The minimum atomic E-state index is 0.0285. The van der Waals surface area contributed by atoms with Gasteiger partial charge in [-0.3, -0.25) is 0 Å². The predicted octanol–water partition coefficient (Wildman–Crippen LogP) is 2.80. The van der Waals surface area contributed by atoms with Gasteiger partial charge in [0.25, 0.3) is 0 Å². The van der Waals surface area contributed by atoms with Crippen molar-refractivity contribution in [3.05, 3.63) is 41.6 Å². The Labute approximate surface area is 125 Å². The largest absolute Gasteiger partial charge is 0.392 e. The normalized spacial score (nSPS) is 14.7. The molecule has 1 aliphatic heterocycles. The molecule has 1 N–H and O–H groups in total. The van der Waals surface area contributed by atoms with Crippen molar-refractivity contribution in [1.82, 2.24) is 9.97 Å². The second-order valence-corrected chi connectivity index (χ2v) is 5.41. The molecule has 0 radical (unpaired) electrons. The zero-order valence-electron chi connectivity index (χ0n) is 12.4. The van der Waals surface area contributed by atoms with Gasteiger partial charge < -0.3 is 10.0 Å². The van der Waals surface area contributed by atoms with Crippen LogP contribution in [0.3, 0.4) is 0 Å². The van der Waals surface area contributed by atoms with Crippen LogP contribution in [0.2, 0.25) is 0 Å². The van der Waals surface area contributed by atoms with E-state index in [1.807, 2.05) is 30.3 Å². The molecule has 2 aromatic rings. The van der Waals surface area contributed by atoms with Gasteiger partial charge >= 0.3 is 0 Å². The van der Waals surface area contributed by atoms with Crippen molar-refractivity contribution in [2.45, 2.75) is 32.8 Å². The molecule has 4 nitrogen and oxygen atoms in total. The lowest BCUT2D eigenvalue weighted by Crippen LogP contribution is -2.21. The lowest BCUT2D eigenvalue weighted by molar-refractivity contribution is 0.282. The van der Waals surface area contributed by atoms with Crippen molar-refractivity contribution >= 4 is 5.95 Å². The van der Waals surface area contributed by atoms with E-state index >= 15 is 0 Å². The van der Waals surface area contributed by atoms with E-state index in [1.54, 1.807) is 0 Å². The lowest BCUT2D eigenvalue weighted by atomic mass is 10.0. The Morgan fingerprint density at radius 3 is 2.62 bits per heavy atom. The standard InChI is InChI=1S/C17H21N3O/c1-2-14-11-16(15-8-4-3-7-13(15)12-21)19-17(18-14)20-9-5-6-10-20/h3-4,7-8,11,21H,2,5-6,9-10,12H2,1H3. The number of rotatable bonds is 4. The summed E-state index contributed by atoms with van der Waals surface area (Å²) in [6.07, 6.45) is 3.31. The Hall–Kier alpha value is -1.94. The van der Waals surface area contributed by atoms with Gasteiger partial charge in [-0.2, -0.15) is 0 Å². The molecule has 3 rings (SSSR count). The van der Waals surface area contributed by atoms with E-state index in [0.29, 0.717) is 0 Å². The quantitative estimate of drug-likeness (QED) is 0.937. The third kappa shape index (κ3) is 2.90. The van der Waals surface area contributed by atoms with Crippen LogP contribution in [0.1, 0.15) is 31.0 Å². The summed E-state index contributed by atoms with van der Waals surface area (Å²) in [4.78, 5) is 11.7. The molecular weight excluding hydrogens is 262 g/mol. The molecule has 0 atom stereocenters. The summed E-state index contributed by atoms with van der Waals surface area (Å²) in [5, 5.41) is 9.53. The Morgan fingerprint density at radius 1 is 1.14 bits per heavy atom. The van der Waals surface area contributed by atoms with Gasteiger partial charge in [0.15, 0.2) is 0 Å². The van der Waals surface area contributed by atoms with Crippen molar-refractivity contribution in [3.8, 4) is 11.3 Å². The maximum Gasteiger partial charge on any atom is 0.226 e. The molecular formula is C17H21N3O. The molecule has 0 bridgehead atoms. The number of hydrogen-bond acceptors (Lipinski definition) is 4. The highest BCUT2D eigenvalue weighted by Gasteiger charge is 2.17. The summed E-state index contributed by atoms with van der Waals surface area (Å²) in [7, 11) is 0. The zero-order chi connectivity index (χ0) is 14.7. The monoisotopic (exact) mass is 283 g/mol. The fourth-order valence-electron chi connectivity index (χ4n) is 2.77. The Bertz CT molecular complexity index is 621. The Kier molecular flexibility index (Phi) is 4.15. The van der Waals surface area contributed by atoms with E-state index < -0.39 is 0 Å². The molecule has 0 spiro atoms. The maximum atomic E-state index is 9.53. The van der Waals surface area contributed by atoms with Crippen molar-refractivity contribution in [1.29, 1.82) is 0 Å². The van der Waals surface area contributed by atoms with Gasteiger partial charge in [-0.05, 0) is 30.9 Å². The first-order valence-electron chi connectivity index (χ1n) is 7.64. The summed E-state index contributed by atoms with van der Waals surface area (Å²) in [6, 6.07) is 9.92. The number of anilines is 1. The SMILES string of the molecule is CCc1cc(-c2ccccc2CO)nc(N2CCCC2)n1. The van der Waals surface area contributed by atoms with E-state index in [1.165, 1.54) is 12.8 Å². The number of aromatic nitrogens is 2. The van der Waals surface area contributed by atoms with Crippen LogP contribution < -0.4 is 4.90 Å². The average Bonchev–Trinajstić information content (AvgIpc) is 3.09. The van der Waals surface area contributed by atoms with E-state index in [0.717, 1.165) is 48.0 Å². The van der Waals surface area contributed by atoms with Crippen LogP contribution in [-0.2, 0) is 13.0 Å². The van der Waals surface area contributed by atoms with Gasteiger partial charge in [0.1, 0.15) is 0 Å². The third-order valence-corrected chi connectivity index (χ3v) is 3.98. The second-order valence-electron chi connectivity index (χ2n) is 5.41. The zero-order valence-corrected chi connectivity index (χ0v) is 12.4. The average molecular weight is 283 g/mol. The molecule has 1 saturated heterocycles. The first-order valence-corrected chi connectivity index (χ1v) is 7.64. The molecule has 2 heterocycles.